The van der Waals surface area contributed by atoms with Gasteiger partial charge in [0.1, 0.15) is 23.8 Å². The zero-order chi connectivity index (χ0) is 21.4. The highest BCUT2D eigenvalue weighted by molar-refractivity contribution is 7.19. The van der Waals surface area contributed by atoms with Gasteiger partial charge in [0.15, 0.2) is 6.10 Å². The summed E-state index contributed by atoms with van der Waals surface area (Å²) in [6.45, 7) is 2.17. The average molecular weight is 434 g/mol. The van der Waals surface area contributed by atoms with Gasteiger partial charge in [-0.3, -0.25) is 10.1 Å². The fourth-order valence-electron chi connectivity index (χ4n) is 3.40. The third-order valence-corrected chi connectivity index (χ3v) is 6.12. The molecule has 0 saturated carbocycles. The number of aromatic nitrogens is 1. The number of nitrogens with zero attached hydrogens (tertiary/aromatic N) is 1. The highest BCUT2D eigenvalue weighted by atomic mass is 32.1. The number of cyclic esters (lactones) is 1. The lowest BCUT2D eigenvalue weighted by Crippen LogP contribution is -2.25. The normalized spacial score (nSPS) is 15.8. The second kappa shape index (κ2) is 7.88. The molecule has 0 bridgehead atoms. The molecule has 1 unspecified atom stereocenters. The van der Waals surface area contributed by atoms with Gasteiger partial charge in [0.05, 0.1) is 0 Å². The molecule has 2 aromatic heterocycles. The first-order valence-electron chi connectivity index (χ1n) is 9.73. The van der Waals surface area contributed by atoms with Crippen LogP contribution in [0, 0.1) is 6.92 Å². The van der Waals surface area contributed by atoms with E-state index in [1.54, 1.807) is 11.3 Å². The predicted octanol–water partition coefficient (Wildman–Crippen LogP) is 4.62. The fraction of sp³-hybridized carbons (Fsp3) is 0.174. The number of hydrogen-bond donors (Lipinski definition) is 1. The molecule has 8 heteroatoms. The number of benzene rings is 2. The molecule has 1 atom stereocenters. The molecule has 5 rings (SSSR count). The van der Waals surface area contributed by atoms with E-state index >= 15 is 0 Å². The Hall–Kier alpha value is -3.65. The van der Waals surface area contributed by atoms with Crippen molar-refractivity contribution in [3.8, 4) is 17.2 Å². The number of aryl methyl sites for hydroxylation is 1. The molecule has 31 heavy (non-hydrogen) atoms. The number of oxazole rings is 1. The molecule has 0 aliphatic carbocycles. The minimum atomic E-state index is -0.773. The molecule has 0 spiro atoms. The lowest BCUT2D eigenvalue weighted by Gasteiger charge is -2.04. The lowest BCUT2D eigenvalue weighted by atomic mass is 10.2. The van der Waals surface area contributed by atoms with Crippen LogP contribution in [0.2, 0.25) is 0 Å². The first kappa shape index (κ1) is 19.3. The van der Waals surface area contributed by atoms with Gasteiger partial charge < -0.3 is 13.9 Å². The smallest absolute Gasteiger partial charge is 0.414 e. The zero-order valence-electron chi connectivity index (χ0n) is 16.6. The van der Waals surface area contributed by atoms with Gasteiger partial charge >= 0.3 is 6.09 Å². The molecule has 1 aliphatic rings. The molecule has 1 aliphatic heterocycles. The second-order valence-electron chi connectivity index (χ2n) is 7.18. The average Bonchev–Trinajstić information content (AvgIpc) is 3.43. The summed E-state index contributed by atoms with van der Waals surface area (Å²) in [4.78, 5) is 28.4. The topological polar surface area (TPSA) is 90.7 Å². The number of carbonyl (C=O) groups is 2. The minimum absolute atomic E-state index is 0.295. The van der Waals surface area contributed by atoms with Crippen LogP contribution in [0.25, 0.3) is 21.5 Å². The van der Waals surface area contributed by atoms with Crippen molar-refractivity contribution in [3.05, 3.63) is 70.9 Å². The van der Waals surface area contributed by atoms with E-state index in [1.807, 2.05) is 61.5 Å². The monoisotopic (exact) mass is 434 g/mol. The molecule has 2 amide bonds. The summed E-state index contributed by atoms with van der Waals surface area (Å²) in [5.74, 6) is 1.61. The van der Waals surface area contributed by atoms with Crippen molar-refractivity contribution >= 4 is 33.4 Å². The third kappa shape index (κ3) is 4.02. The Morgan fingerprint density at radius 1 is 1.13 bits per heavy atom. The molecule has 7 nitrogen and oxygen atoms in total. The summed E-state index contributed by atoms with van der Waals surface area (Å²) in [5.41, 5.74) is 1.67. The summed E-state index contributed by atoms with van der Waals surface area (Å²) in [6.07, 6.45) is -1.11. The summed E-state index contributed by atoms with van der Waals surface area (Å²) in [5, 5.41) is 3.15. The minimum Gasteiger partial charge on any atom is -0.487 e. The molecular weight excluding hydrogens is 416 g/mol. The van der Waals surface area contributed by atoms with E-state index in [0.717, 1.165) is 32.0 Å². The molecule has 1 fully saturated rings. The third-order valence-electron chi connectivity index (χ3n) is 4.98. The number of amides is 2. The summed E-state index contributed by atoms with van der Waals surface area (Å²) >= 11 is 1.56. The SMILES string of the molecule is Cc1oc(-c2ccccc2)nc1COc1ccc2sc(CC3OC(=O)NC3=O)cc2c1. The molecule has 1 N–H and O–H groups in total. The number of carbonyl (C=O) groups excluding carboxylic acids is 2. The molecule has 1 saturated heterocycles. The van der Waals surface area contributed by atoms with E-state index in [-0.39, 0.29) is 0 Å². The van der Waals surface area contributed by atoms with Crippen LogP contribution in [0.3, 0.4) is 0 Å². The largest absolute Gasteiger partial charge is 0.487 e. The number of hydrogen-bond acceptors (Lipinski definition) is 7. The van der Waals surface area contributed by atoms with E-state index in [1.165, 1.54) is 0 Å². The van der Waals surface area contributed by atoms with Gasteiger partial charge in [-0.15, -0.1) is 11.3 Å². The highest BCUT2D eigenvalue weighted by Gasteiger charge is 2.32. The van der Waals surface area contributed by atoms with E-state index < -0.39 is 18.1 Å². The molecule has 0 radical (unpaired) electrons. The van der Waals surface area contributed by atoms with Crippen LogP contribution < -0.4 is 10.1 Å². The molecule has 2 aromatic carbocycles. The van der Waals surface area contributed by atoms with Crippen molar-refractivity contribution in [2.24, 2.45) is 0 Å². The Kier molecular flexibility index (Phi) is 4.91. The van der Waals surface area contributed by atoms with Crippen LogP contribution in [0.1, 0.15) is 16.3 Å². The van der Waals surface area contributed by atoms with Gasteiger partial charge in [0, 0.05) is 21.6 Å². The van der Waals surface area contributed by atoms with Crippen molar-refractivity contribution in [1.29, 1.82) is 0 Å². The summed E-state index contributed by atoms with van der Waals surface area (Å²) < 4.78 is 17.8. The molecule has 3 heterocycles. The Bertz CT molecular complexity index is 1280. The fourth-order valence-corrected chi connectivity index (χ4v) is 4.47. The Labute approximate surface area is 181 Å². The summed E-state index contributed by atoms with van der Waals surface area (Å²) in [6, 6.07) is 17.6. The standard InChI is InChI=1S/C23H18N2O5S/c1-13-18(24-22(29-13)14-5-3-2-4-6-14)12-28-16-7-8-20-15(9-16)10-17(31-20)11-19-21(26)25-23(27)30-19/h2-10,19H,11-12H2,1H3,(H,25,26,27). The van der Waals surface area contributed by atoms with Crippen molar-refractivity contribution in [2.45, 2.75) is 26.1 Å². The second-order valence-corrected chi connectivity index (χ2v) is 8.34. The van der Waals surface area contributed by atoms with Crippen LogP contribution in [0.15, 0.2) is 59.0 Å². The van der Waals surface area contributed by atoms with E-state index in [4.69, 9.17) is 13.9 Å². The zero-order valence-corrected chi connectivity index (χ0v) is 17.4. The maximum absolute atomic E-state index is 11.7. The van der Waals surface area contributed by atoms with Crippen LogP contribution >= 0.6 is 11.3 Å². The van der Waals surface area contributed by atoms with Gasteiger partial charge in [-0.1, -0.05) is 18.2 Å². The Morgan fingerprint density at radius 2 is 1.97 bits per heavy atom. The number of thiophene rings is 1. The lowest BCUT2D eigenvalue weighted by molar-refractivity contribution is -0.123. The maximum Gasteiger partial charge on any atom is 0.414 e. The van der Waals surface area contributed by atoms with Gasteiger partial charge in [-0.2, -0.15) is 0 Å². The van der Waals surface area contributed by atoms with Gasteiger partial charge in [0.2, 0.25) is 5.89 Å². The van der Waals surface area contributed by atoms with Crippen LogP contribution in [0.5, 0.6) is 5.75 Å². The van der Waals surface area contributed by atoms with Gasteiger partial charge in [0.25, 0.3) is 5.91 Å². The number of alkyl carbamates (subject to hydrolysis) is 1. The van der Waals surface area contributed by atoms with Gasteiger partial charge in [-0.25, -0.2) is 9.78 Å². The summed E-state index contributed by atoms with van der Waals surface area (Å²) in [7, 11) is 0. The number of ether oxygens (including phenoxy) is 2. The number of nitrogens with one attached hydrogen (secondary N) is 1. The first-order chi connectivity index (χ1) is 15.0. The van der Waals surface area contributed by atoms with Crippen LogP contribution in [-0.2, 0) is 22.6 Å². The Morgan fingerprint density at radius 3 is 2.74 bits per heavy atom. The van der Waals surface area contributed by atoms with Crippen molar-refractivity contribution < 1.29 is 23.5 Å². The van der Waals surface area contributed by atoms with E-state index in [0.29, 0.717) is 24.7 Å². The predicted molar refractivity (Wildman–Crippen MR) is 115 cm³/mol. The van der Waals surface area contributed by atoms with Crippen molar-refractivity contribution in [3.63, 3.8) is 0 Å². The van der Waals surface area contributed by atoms with Gasteiger partial charge in [-0.05, 0) is 48.7 Å². The molecular formula is C23H18N2O5S. The van der Waals surface area contributed by atoms with Crippen LogP contribution in [-0.4, -0.2) is 23.1 Å². The molecule has 156 valence electrons. The maximum atomic E-state index is 11.7. The van der Waals surface area contributed by atoms with E-state index in [9.17, 15) is 9.59 Å². The Balaban J connectivity index is 1.29. The first-order valence-corrected chi connectivity index (χ1v) is 10.6. The molecule has 4 aromatic rings. The highest BCUT2D eigenvalue weighted by Crippen LogP contribution is 2.31. The van der Waals surface area contributed by atoms with Crippen molar-refractivity contribution in [1.82, 2.24) is 10.3 Å². The number of imide groups is 1. The van der Waals surface area contributed by atoms with Crippen LogP contribution in [0.4, 0.5) is 4.79 Å². The van der Waals surface area contributed by atoms with Crippen molar-refractivity contribution in [2.75, 3.05) is 0 Å². The number of fused-ring (bicyclic) bond motifs is 1. The number of rotatable bonds is 6. The van der Waals surface area contributed by atoms with E-state index in [2.05, 4.69) is 10.3 Å². The quantitative estimate of drug-likeness (QED) is 0.476.